The van der Waals surface area contributed by atoms with Gasteiger partial charge in [0.25, 0.3) is 0 Å². The van der Waals surface area contributed by atoms with Gasteiger partial charge in [0, 0.05) is 42.0 Å². The van der Waals surface area contributed by atoms with Crippen molar-refractivity contribution in [2.24, 2.45) is 0 Å². The zero-order valence-electron chi connectivity index (χ0n) is 15.9. The first kappa shape index (κ1) is 20.0. The molecule has 0 fully saturated rings. The molecule has 0 unspecified atom stereocenters. The predicted molar refractivity (Wildman–Crippen MR) is 110 cm³/mol. The van der Waals surface area contributed by atoms with Crippen LogP contribution in [0.25, 0.3) is 0 Å². The van der Waals surface area contributed by atoms with E-state index in [9.17, 15) is 0 Å². The maximum absolute atomic E-state index is 5.88. The van der Waals surface area contributed by atoms with E-state index in [1.165, 1.54) is 0 Å². The van der Waals surface area contributed by atoms with Crippen molar-refractivity contribution in [2.75, 3.05) is 13.7 Å². The minimum atomic E-state index is 0.542. The number of pyridine rings is 1. The lowest BCUT2D eigenvalue weighted by molar-refractivity contribution is 0.331. The highest BCUT2D eigenvalue weighted by molar-refractivity contribution is 6.30. The van der Waals surface area contributed by atoms with Gasteiger partial charge >= 0.3 is 0 Å². The fraction of sp³-hybridized carbons (Fsp3) is 0.227. The van der Waals surface area contributed by atoms with Gasteiger partial charge in [-0.05, 0) is 42.8 Å². The van der Waals surface area contributed by atoms with Crippen LogP contribution in [0.15, 0.2) is 60.8 Å². The molecule has 0 saturated heterocycles. The van der Waals surface area contributed by atoms with E-state index in [-0.39, 0.29) is 0 Å². The minimum absolute atomic E-state index is 0.542. The van der Waals surface area contributed by atoms with Crippen LogP contribution in [0.4, 0.5) is 0 Å². The molecule has 146 valence electrons. The number of ether oxygens (including phenoxy) is 3. The summed E-state index contributed by atoms with van der Waals surface area (Å²) in [6.07, 6.45) is 1.80. The van der Waals surface area contributed by atoms with Crippen molar-refractivity contribution < 1.29 is 14.2 Å². The smallest absolute Gasteiger partial charge is 0.219 e. The van der Waals surface area contributed by atoms with E-state index in [4.69, 9.17) is 25.8 Å². The van der Waals surface area contributed by atoms with E-state index < -0.39 is 0 Å². The second-order valence-electron chi connectivity index (χ2n) is 6.07. The first-order valence-corrected chi connectivity index (χ1v) is 9.44. The van der Waals surface area contributed by atoms with E-state index in [0.717, 1.165) is 22.6 Å². The van der Waals surface area contributed by atoms with Gasteiger partial charge in [-0.3, -0.25) is 0 Å². The fourth-order valence-corrected chi connectivity index (χ4v) is 2.76. The number of halogens is 1. The Balaban J connectivity index is 1.54. The monoisotopic (exact) mass is 398 g/mol. The third kappa shape index (κ3) is 5.62. The highest BCUT2D eigenvalue weighted by Crippen LogP contribution is 2.25. The largest absolute Gasteiger partial charge is 0.497 e. The van der Waals surface area contributed by atoms with Crippen molar-refractivity contribution >= 4 is 11.6 Å². The Morgan fingerprint density at radius 2 is 1.75 bits per heavy atom. The number of hydrogen-bond acceptors (Lipinski definition) is 5. The van der Waals surface area contributed by atoms with Crippen LogP contribution in [0.2, 0.25) is 5.02 Å². The molecule has 0 saturated carbocycles. The molecule has 6 heteroatoms. The first-order valence-electron chi connectivity index (χ1n) is 9.06. The van der Waals surface area contributed by atoms with Gasteiger partial charge in [-0.15, -0.1) is 0 Å². The fourth-order valence-electron chi connectivity index (χ4n) is 2.64. The third-order valence-corrected chi connectivity index (χ3v) is 4.30. The predicted octanol–water partition coefficient (Wildman–Crippen LogP) is 5.22. The van der Waals surface area contributed by atoms with Gasteiger partial charge < -0.3 is 19.5 Å². The minimum Gasteiger partial charge on any atom is -0.497 e. The summed E-state index contributed by atoms with van der Waals surface area (Å²) in [5.41, 5.74) is 2.15. The van der Waals surface area contributed by atoms with Crippen molar-refractivity contribution in [3.63, 3.8) is 0 Å². The average Bonchev–Trinajstić information content (AvgIpc) is 2.72. The molecule has 0 bridgehead atoms. The molecule has 0 aliphatic rings. The Kier molecular flexibility index (Phi) is 7.12. The molecule has 0 radical (unpaired) electrons. The SMILES string of the molecule is CCOc1cc(OC)ccc1CNCc1ccc(Oc2ccc(Cl)cc2)nc1. The molecule has 0 atom stereocenters. The second-order valence-corrected chi connectivity index (χ2v) is 6.51. The van der Waals surface area contributed by atoms with E-state index in [1.54, 1.807) is 25.4 Å². The van der Waals surface area contributed by atoms with E-state index in [2.05, 4.69) is 10.3 Å². The lowest BCUT2D eigenvalue weighted by Crippen LogP contribution is -2.14. The summed E-state index contributed by atoms with van der Waals surface area (Å²) in [6.45, 7) is 3.95. The molecule has 28 heavy (non-hydrogen) atoms. The van der Waals surface area contributed by atoms with Crippen LogP contribution in [0.1, 0.15) is 18.1 Å². The molecule has 1 heterocycles. The summed E-state index contributed by atoms with van der Waals surface area (Å²) in [5.74, 6) is 2.86. The maximum Gasteiger partial charge on any atom is 0.219 e. The van der Waals surface area contributed by atoms with Crippen LogP contribution in [0.5, 0.6) is 23.1 Å². The van der Waals surface area contributed by atoms with Crippen LogP contribution in [-0.2, 0) is 13.1 Å². The molecule has 0 spiro atoms. The number of benzene rings is 2. The molecule has 1 N–H and O–H groups in total. The van der Waals surface area contributed by atoms with Gasteiger partial charge in [0.05, 0.1) is 13.7 Å². The molecule has 5 nitrogen and oxygen atoms in total. The number of nitrogens with zero attached hydrogens (tertiary/aromatic N) is 1. The van der Waals surface area contributed by atoms with Crippen molar-refractivity contribution in [1.82, 2.24) is 10.3 Å². The van der Waals surface area contributed by atoms with Crippen molar-refractivity contribution in [3.8, 4) is 23.1 Å². The number of rotatable bonds is 9. The summed E-state index contributed by atoms with van der Waals surface area (Å²) in [4.78, 5) is 4.36. The van der Waals surface area contributed by atoms with Crippen LogP contribution in [0, 0.1) is 0 Å². The van der Waals surface area contributed by atoms with Gasteiger partial charge in [-0.25, -0.2) is 4.98 Å². The van der Waals surface area contributed by atoms with Gasteiger partial charge in [0.15, 0.2) is 0 Å². The van der Waals surface area contributed by atoms with Crippen LogP contribution in [-0.4, -0.2) is 18.7 Å². The van der Waals surface area contributed by atoms with Crippen LogP contribution >= 0.6 is 11.6 Å². The van der Waals surface area contributed by atoms with Crippen LogP contribution < -0.4 is 19.5 Å². The van der Waals surface area contributed by atoms with Gasteiger partial charge in [0.2, 0.25) is 5.88 Å². The Morgan fingerprint density at radius 3 is 2.43 bits per heavy atom. The number of aromatic nitrogens is 1. The van der Waals surface area contributed by atoms with E-state index in [1.807, 2.05) is 49.4 Å². The molecule has 1 aromatic heterocycles. The molecule has 2 aromatic carbocycles. The highest BCUT2D eigenvalue weighted by atomic mass is 35.5. The standard InChI is InChI=1S/C22H23ClN2O3/c1-3-27-21-12-20(26-2)8-5-17(21)15-24-13-16-4-11-22(25-14-16)28-19-9-6-18(23)7-10-19/h4-12,14,24H,3,13,15H2,1-2H3. The lowest BCUT2D eigenvalue weighted by atomic mass is 10.2. The molecular formula is C22H23ClN2O3. The quantitative estimate of drug-likeness (QED) is 0.535. The second kappa shape index (κ2) is 9.97. The Morgan fingerprint density at radius 1 is 0.964 bits per heavy atom. The zero-order chi connectivity index (χ0) is 19.8. The molecular weight excluding hydrogens is 376 g/mol. The Bertz CT molecular complexity index is 883. The molecule has 3 aromatic rings. The Hall–Kier alpha value is -2.76. The normalized spacial score (nSPS) is 10.5. The summed E-state index contributed by atoms with van der Waals surface area (Å²) in [6, 6.07) is 16.9. The molecule has 3 rings (SSSR count). The molecule has 0 amide bonds. The topological polar surface area (TPSA) is 52.6 Å². The summed E-state index contributed by atoms with van der Waals surface area (Å²) in [7, 11) is 1.65. The number of nitrogens with one attached hydrogen (secondary N) is 1. The van der Waals surface area contributed by atoms with Crippen molar-refractivity contribution in [1.29, 1.82) is 0 Å². The van der Waals surface area contributed by atoms with E-state index in [0.29, 0.717) is 36.3 Å². The van der Waals surface area contributed by atoms with Crippen molar-refractivity contribution in [2.45, 2.75) is 20.0 Å². The van der Waals surface area contributed by atoms with E-state index >= 15 is 0 Å². The highest BCUT2D eigenvalue weighted by Gasteiger charge is 2.06. The van der Waals surface area contributed by atoms with Crippen molar-refractivity contribution in [3.05, 3.63) is 76.9 Å². The van der Waals surface area contributed by atoms with Gasteiger partial charge in [0.1, 0.15) is 17.2 Å². The zero-order valence-corrected chi connectivity index (χ0v) is 16.7. The molecule has 0 aliphatic heterocycles. The summed E-state index contributed by atoms with van der Waals surface area (Å²) < 4.78 is 16.7. The summed E-state index contributed by atoms with van der Waals surface area (Å²) in [5, 5.41) is 4.09. The average molecular weight is 399 g/mol. The lowest BCUT2D eigenvalue weighted by Gasteiger charge is -2.13. The molecule has 0 aliphatic carbocycles. The number of methoxy groups -OCH3 is 1. The van der Waals surface area contributed by atoms with Gasteiger partial charge in [-0.1, -0.05) is 23.7 Å². The third-order valence-electron chi connectivity index (χ3n) is 4.05. The van der Waals surface area contributed by atoms with Crippen LogP contribution in [0.3, 0.4) is 0 Å². The Labute approximate surface area is 170 Å². The number of hydrogen-bond donors (Lipinski definition) is 1. The first-order chi connectivity index (χ1) is 13.7. The summed E-state index contributed by atoms with van der Waals surface area (Å²) >= 11 is 5.88. The maximum atomic E-state index is 5.88. The van der Waals surface area contributed by atoms with Gasteiger partial charge in [-0.2, -0.15) is 0 Å².